The first-order valence-electron chi connectivity index (χ1n) is 6.09. The van der Waals surface area contributed by atoms with Crippen LogP contribution in [0.25, 0.3) is 0 Å². The van der Waals surface area contributed by atoms with Gasteiger partial charge in [-0.15, -0.1) is 0 Å². The molecular formula is C13H17N3O4. The van der Waals surface area contributed by atoms with Gasteiger partial charge in [0.1, 0.15) is 11.9 Å². The van der Waals surface area contributed by atoms with E-state index >= 15 is 0 Å². The van der Waals surface area contributed by atoms with E-state index in [1.54, 1.807) is 19.2 Å². The number of rotatable bonds is 5. The fraction of sp³-hybridized carbons (Fsp3) is 0.385. The van der Waals surface area contributed by atoms with Crippen LogP contribution in [0.1, 0.15) is 11.6 Å². The smallest absolute Gasteiger partial charge is 0.346 e. The van der Waals surface area contributed by atoms with Gasteiger partial charge in [-0.25, -0.2) is 4.79 Å². The molecule has 2 rings (SSSR count). The van der Waals surface area contributed by atoms with Crippen LogP contribution in [0.3, 0.4) is 0 Å². The van der Waals surface area contributed by atoms with Crippen molar-refractivity contribution in [3.05, 3.63) is 23.8 Å². The van der Waals surface area contributed by atoms with Gasteiger partial charge in [0.05, 0.1) is 13.7 Å². The maximum absolute atomic E-state index is 11.8. The molecule has 1 aromatic rings. The van der Waals surface area contributed by atoms with Gasteiger partial charge in [-0.05, 0) is 17.7 Å². The summed E-state index contributed by atoms with van der Waals surface area (Å²) >= 11 is 0. The molecule has 3 N–H and O–H groups in total. The van der Waals surface area contributed by atoms with Gasteiger partial charge in [-0.3, -0.25) is 0 Å². The number of amidine groups is 1. The third kappa shape index (κ3) is 2.53. The zero-order valence-corrected chi connectivity index (χ0v) is 11.4. The van der Waals surface area contributed by atoms with Gasteiger partial charge >= 0.3 is 6.03 Å². The molecule has 0 saturated carbocycles. The summed E-state index contributed by atoms with van der Waals surface area (Å²) in [5.74, 6) is 0.552. The number of aromatic hydroxyl groups is 1. The summed E-state index contributed by atoms with van der Waals surface area (Å²) in [5.41, 5.74) is 6.49. The molecule has 0 radical (unpaired) electrons. The van der Waals surface area contributed by atoms with Crippen molar-refractivity contribution in [3.8, 4) is 11.5 Å². The number of urea groups is 1. The standard InChI is InChI=1S/C13H17N3O4/c1-19-6-5-16-11(12(14)15-13(16)18)8-3-4-10(20-2)9(17)7-8/h3-4,7,11,17H,5-6H2,1-2H3,(H2,14,15,18). The number of amides is 2. The molecule has 1 heterocycles. The Morgan fingerprint density at radius 1 is 1.45 bits per heavy atom. The van der Waals surface area contributed by atoms with Crippen molar-refractivity contribution in [1.29, 1.82) is 0 Å². The number of nitrogens with zero attached hydrogens (tertiary/aromatic N) is 2. The molecule has 0 fully saturated rings. The quantitative estimate of drug-likeness (QED) is 0.834. The summed E-state index contributed by atoms with van der Waals surface area (Å²) in [6.07, 6.45) is 0. The predicted molar refractivity (Wildman–Crippen MR) is 73.0 cm³/mol. The Morgan fingerprint density at radius 3 is 2.80 bits per heavy atom. The van der Waals surface area contributed by atoms with Crippen LogP contribution in [-0.4, -0.2) is 49.2 Å². The van der Waals surface area contributed by atoms with Crippen molar-refractivity contribution in [2.45, 2.75) is 6.04 Å². The van der Waals surface area contributed by atoms with Crippen molar-refractivity contribution < 1.29 is 19.4 Å². The number of phenolic OH excluding ortho intramolecular Hbond substituents is 1. The number of methoxy groups -OCH3 is 2. The van der Waals surface area contributed by atoms with Gasteiger partial charge in [-0.2, -0.15) is 4.99 Å². The lowest BCUT2D eigenvalue weighted by molar-refractivity contribution is 0.150. The molecule has 0 aromatic heterocycles. The minimum atomic E-state index is -0.491. The van der Waals surface area contributed by atoms with Crippen molar-refractivity contribution in [2.24, 2.45) is 10.7 Å². The summed E-state index contributed by atoms with van der Waals surface area (Å²) in [5, 5.41) is 9.83. The lowest BCUT2D eigenvalue weighted by atomic mass is 10.0. The predicted octanol–water partition coefficient (Wildman–Crippen LogP) is 0.881. The van der Waals surface area contributed by atoms with E-state index in [2.05, 4.69) is 4.99 Å². The highest BCUT2D eigenvalue weighted by atomic mass is 16.5. The van der Waals surface area contributed by atoms with E-state index < -0.39 is 12.1 Å². The molecule has 1 aromatic carbocycles. The van der Waals surface area contributed by atoms with Gasteiger partial charge in [0.2, 0.25) is 0 Å². The largest absolute Gasteiger partial charge is 0.504 e. The Morgan fingerprint density at radius 2 is 2.20 bits per heavy atom. The average Bonchev–Trinajstić information content (AvgIpc) is 2.70. The third-order valence-corrected chi connectivity index (χ3v) is 3.12. The Balaban J connectivity index is 2.30. The maximum atomic E-state index is 11.8. The summed E-state index contributed by atoms with van der Waals surface area (Å²) in [6, 6.07) is 3.98. The molecule has 0 spiro atoms. The number of carbonyl (C=O) groups is 1. The second-order valence-corrected chi connectivity index (χ2v) is 4.34. The summed E-state index contributed by atoms with van der Waals surface area (Å²) < 4.78 is 9.97. The molecule has 7 nitrogen and oxygen atoms in total. The number of phenols is 1. The van der Waals surface area contributed by atoms with Gasteiger partial charge in [0.15, 0.2) is 11.5 Å². The summed E-state index contributed by atoms with van der Waals surface area (Å²) in [6.45, 7) is 0.754. The van der Waals surface area contributed by atoms with Crippen LogP contribution in [0.15, 0.2) is 23.2 Å². The van der Waals surface area contributed by atoms with Crippen LogP contribution in [0, 0.1) is 0 Å². The molecule has 1 atom stereocenters. The highest BCUT2D eigenvalue weighted by molar-refractivity contribution is 6.03. The van der Waals surface area contributed by atoms with E-state index in [-0.39, 0.29) is 11.6 Å². The lowest BCUT2D eigenvalue weighted by Gasteiger charge is -2.24. The van der Waals surface area contributed by atoms with Crippen LogP contribution in [0.5, 0.6) is 11.5 Å². The third-order valence-electron chi connectivity index (χ3n) is 3.12. The Hall–Kier alpha value is -2.28. The van der Waals surface area contributed by atoms with E-state index in [1.807, 2.05) is 0 Å². The molecule has 7 heteroatoms. The maximum Gasteiger partial charge on any atom is 0.346 e. The van der Waals surface area contributed by atoms with Gasteiger partial charge in [0.25, 0.3) is 0 Å². The zero-order chi connectivity index (χ0) is 14.7. The minimum absolute atomic E-state index is 0.0103. The van der Waals surface area contributed by atoms with Crippen LogP contribution < -0.4 is 10.5 Å². The van der Waals surface area contributed by atoms with Crippen LogP contribution >= 0.6 is 0 Å². The van der Waals surface area contributed by atoms with Crippen molar-refractivity contribution in [1.82, 2.24) is 4.90 Å². The lowest BCUT2D eigenvalue weighted by Crippen LogP contribution is -2.35. The van der Waals surface area contributed by atoms with Gasteiger partial charge in [-0.1, -0.05) is 6.07 Å². The molecule has 108 valence electrons. The first-order valence-corrected chi connectivity index (χ1v) is 6.09. The minimum Gasteiger partial charge on any atom is -0.504 e. The van der Waals surface area contributed by atoms with Crippen LogP contribution in [0.4, 0.5) is 4.79 Å². The zero-order valence-electron chi connectivity index (χ0n) is 11.4. The molecular weight excluding hydrogens is 262 g/mol. The Kier molecular flexibility index (Phi) is 4.09. The topological polar surface area (TPSA) is 97.4 Å². The summed E-state index contributed by atoms with van der Waals surface area (Å²) in [7, 11) is 3.02. The Labute approximate surface area is 116 Å². The first-order chi connectivity index (χ1) is 9.58. The highest BCUT2D eigenvalue weighted by Gasteiger charge is 2.34. The molecule has 20 heavy (non-hydrogen) atoms. The fourth-order valence-electron chi connectivity index (χ4n) is 2.15. The van der Waals surface area contributed by atoms with Gasteiger partial charge < -0.3 is 25.2 Å². The number of hydrogen-bond acceptors (Lipinski definition) is 5. The van der Waals surface area contributed by atoms with Gasteiger partial charge in [0, 0.05) is 13.7 Å². The van der Waals surface area contributed by atoms with E-state index in [0.717, 1.165) is 0 Å². The van der Waals surface area contributed by atoms with Crippen molar-refractivity contribution in [2.75, 3.05) is 27.4 Å². The number of ether oxygens (including phenoxy) is 2. The number of aliphatic imine (C=N–C) groups is 1. The molecule has 2 amide bonds. The highest BCUT2D eigenvalue weighted by Crippen LogP contribution is 2.33. The SMILES string of the molecule is COCCN1C(=O)N=C(N)C1c1ccc(OC)c(O)c1. The Bertz CT molecular complexity index is 544. The van der Waals surface area contributed by atoms with Crippen molar-refractivity contribution in [3.63, 3.8) is 0 Å². The van der Waals surface area contributed by atoms with Crippen LogP contribution in [-0.2, 0) is 4.74 Å². The van der Waals surface area contributed by atoms with E-state index in [4.69, 9.17) is 15.2 Å². The second-order valence-electron chi connectivity index (χ2n) is 4.34. The number of benzene rings is 1. The number of carbonyl (C=O) groups excluding carboxylic acids is 1. The monoisotopic (exact) mass is 279 g/mol. The molecule has 1 aliphatic rings. The molecule has 0 aliphatic carbocycles. The van der Waals surface area contributed by atoms with Crippen molar-refractivity contribution >= 4 is 11.9 Å². The molecule has 1 aliphatic heterocycles. The van der Waals surface area contributed by atoms with Crippen LogP contribution in [0.2, 0.25) is 0 Å². The number of hydrogen-bond donors (Lipinski definition) is 2. The number of nitrogens with two attached hydrogens (primary N) is 1. The molecule has 0 saturated heterocycles. The van der Waals surface area contributed by atoms with E-state index in [9.17, 15) is 9.90 Å². The summed E-state index contributed by atoms with van der Waals surface area (Å²) in [4.78, 5) is 17.1. The molecule has 1 unspecified atom stereocenters. The normalized spacial score (nSPS) is 18.3. The molecule has 0 bridgehead atoms. The van der Waals surface area contributed by atoms with E-state index in [1.165, 1.54) is 18.1 Å². The van der Waals surface area contributed by atoms with E-state index in [0.29, 0.717) is 24.5 Å². The fourth-order valence-corrected chi connectivity index (χ4v) is 2.15. The average molecular weight is 279 g/mol. The second kappa shape index (κ2) is 5.79. The first kappa shape index (κ1) is 14.1.